The van der Waals surface area contributed by atoms with Crippen molar-refractivity contribution in [3.05, 3.63) is 0 Å². The van der Waals surface area contributed by atoms with E-state index in [4.69, 9.17) is 9.99 Å². The first-order valence-electron chi connectivity index (χ1n) is 4.95. The van der Waals surface area contributed by atoms with E-state index in [2.05, 4.69) is 4.89 Å². The molecule has 0 heterocycles. The topological polar surface area (TPSA) is 55.8 Å². The Labute approximate surface area is 85.1 Å². The second-order valence-corrected chi connectivity index (χ2v) is 4.06. The predicted molar refractivity (Wildman–Crippen MR) is 52.9 cm³/mol. The molecule has 4 nitrogen and oxygen atoms in total. The molecule has 0 aromatic rings. The van der Waals surface area contributed by atoms with E-state index in [9.17, 15) is 4.79 Å². The van der Waals surface area contributed by atoms with E-state index < -0.39 is 11.8 Å². The summed E-state index contributed by atoms with van der Waals surface area (Å²) in [5.41, 5.74) is -0.570. The summed E-state index contributed by atoms with van der Waals surface area (Å²) >= 11 is 0. The van der Waals surface area contributed by atoms with Gasteiger partial charge in [0.15, 0.2) is 0 Å². The van der Waals surface area contributed by atoms with Crippen LogP contribution in [-0.4, -0.2) is 17.0 Å². The lowest BCUT2D eigenvalue weighted by atomic mass is 9.78. The second-order valence-electron chi connectivity index (χ2n) is 4.06. The van der Waals surface area contributed by atoms with Gasteiger partial charge in [-0.2, -0.15) is 5.26 Å². The zero-order valence-corrected chi connectivity index (χ0v) is 9.53. The quantitative estimate of drug-likeness (QED) is 0.434. The van der Waals surface area contributed by atoms with Crippen molar-refractivity contribution in [2.75, 3.05) is 0 Å². The van der Waals surface area contributed by atoms with E-state index in [-0.39, 0.29) is 11.8 Å². The fourth-order valence-corrected chi connectivity index (χ4v) is 1.96. The molecule has 0 saturated carbocycles. The minimum atomic E-state index is -1.03. The molecule has 0 aromatic carbocycles. The molecule has 0 aromatic heterocycles. The van der Waals surface area contributed by atoms with Crippen LogP contribution in [0, 0.1) is 11.8 Å². The molecule has 0 aliphatic heterocycles. The van der Waals surface area contributed by atoms with Crippen LogP contribution in [0.15, 0.2) is 0 Å². The minimum Gasteiger partial charge on any atom is -0.425 e. The third-order valence-electron chi connectivity index (χ3n) is 2.86. The van der Waals surface area contributed by atoms with Crippen molar-refractivity contribution in [3.8, 4) is 0 Å². The van der Waals surface area contributed by atoms with E-state index in [1.807, 2.05) is 34.6 Å². The van der Waals surface area contributed by atoms with Crippen LogP contribution in [0.5, 0.6) is 0 Å². The molecule has 84 valence electrons. The maximum atomic E-state index is 10.9. The number of carbonyl (C=O) groups is 1. The summed E-state index contributed by atoms with van der Waals surface area (Å²) in [5, 5.41) is 8.18. The fraction of sp³-hybridized carbons (Fsp3) is 0.900. The number of ether oxygens (including phenoxy) is 1. The smallest absolute Gasteiger partial charge is 0.425 e. The molecule has 0 aliphatic carbocycles. The van der Waals surface area contributed by atoms with Crippen molar-refractivity contribution in [2.24, 2.45) is 11.8 Å². The van der Waals surface area contributed by atoms with Crippen LogP contribution < -0.4 is 0 Å². The van der Waals surface area contributed by atoms with E-state index in [0.29, 0.717) is 6.42 Å². The first kappa shape index (κ1) is 13.2. The Morgan fingerprint density at radius 2 is 1.71 bits per heavy atom. The average molecular weight is 204 g/mol. The lowest BCUT2D eigenvalue weighted by Crippen LogP contribution is -2.44. The molecule has 4 heteroatoms. The van der Waals surface area contributed by atoms with Crippen molar-refractivity contribution in [3.63, 3.8) is 0 Å². The van der Waals surface area contributed by atoms with Crippen LogP contribution in [0.4, 0.5) is 4.79 Å². The highest BCUT2D eigenvalue weighted by molar-refractivity contribution is 5.59. The van der Waals surface area contributed by atoms with Crippen LogP contribution in [0.2, 0.25) is 0 Å². The van der Waals surface area contributed by atoms with Gasteiger partial charge >= 0.3 is 6.16 Å². The Kier molecular flexibility index (Phi) is 4.91. The number of rotatable bonds is 4. The Balaban J connectivity index is 4.76. The molecule has 0 saturated heterocycles. The van der Waals surface area contributed by atoms with Crippen molar-refractivity contribution in [1.29, 1.82) is 0 Å². The molecule has 0 fully saturated rings. The van der Waals surface area contributed by atoms with Crippen molar-refractivity contribution in [2.45, 2.75) is 46.6 Å². The monoisotopic (exact) mass is 204 g/mol. The maximum absolute atomic E-state index is 10.9. The van der Waals surface area contributed by atoms with Crippen molar-refractivity contribution < 1.29 is 19.7 Å². The summed E-state index contributed by atoms with van der Waals surface area (Å²) < 4.78 is 5.15. The van der Waals surface area contributed by atoms with Gasteiger partial charge in [-0.3, -0.25) is 4.89 Å². The van der Waals surface area contributed by atoms with Gasteiger partial charge in [-0.15, -0.1) is 0 Å². The molecule has 0 aliphatic rings. The standard InChI is InChI=1S/C10H20O4/c1-6-10(7(2)3,8(4)5)13-9(11)14-12/h7-8,12H,6H2,1-5H3. The number of hydrogen-bond acceptors (Lipinski definition) is 4. The lowest BCUT2D eigenvalue weighted by molar-refractivity contribution is -0.222. The van der Waals surface area contributed by atoms with E-state index in [1.54, 1.807) is 0 Å². The Hall–Kier alpha value is -0.770. The lowest BCUT2D eigenvalue weighted by Gasteiger charge is -2.38. The molecule has 0 radical (unpaired) electrons. The molecule has 0 atom stereocenters. The van der Waals surface area contributed by atoms with Gasteiger partial charge in [0.1, 0.15) is 5.60 Å². The first-order chi connectivity index (χ1) is 6.40. The van der Waals surface area contributed by atoms with Crippen LogP contribution in [-0.2, 0) is 9.62 Å². The number of hydrogen-bond donors (Lipinski definition) is 1. The fourth-order valence-electron chi connectivity index (χ4n) is 1.96. The molecular weight excluding hydrogens is 184 g/mol. The molecule has 0 amide bonds. The Morgan fingerprint density at radius 3 is 1.93 bits per heavy atom. The summed E-state index contributed by atoms with van der Waals surface area (Å²) in [6.07, 6.45) is -0.341. The summed E-state index contributed by atoms with van der Waals surface area (Å²) in [6, 6.07) is 0. The van der Waals surface area contributed by atoms with E-state index >= 15 is 0 Å². The summed E-state index contributed by atoms with van der Waals surface area (Å²) in [6.45, 7) is 9.87. The predicted octanol–water partition coefficient (Wildman–Crippen LogP) is 3.07. The van der Waals surface area contributed by atoms with Gasteiger partial charge in [0.05, 0.1) is 0 Å². The minimum absolute atomic E-state index is 0.173. The normalized spacial score (nSPS) is 12.0. The van der Waals surface area contributed by atoms with E-state index in [1.165, 1.54) is 0 Å². The average Bonchev–Trinajstić information content (AvgIpc) is 2.12. The van der Waals surface area contributed by atoms with Gasteiger partial charge < -0.3 is 4.74 Å². The third kappa shape index (κ3) is 2.61. The Morgan fingerprint density at radius 1 is 1.29 bits per heavy atom. The molecule has 0 spiro atoms. The van der Waals surface area contributed by atoms with Crippen molar-refractivity contribution >= 4 is 6.16 Å². The highest BCUT2D eigenvalue weighted by Gasteiger charge is 2.40. The van der Waals surface area contributed by atoms with Gasteiger partial charge in [-0.05, 0) is 18.3 Å². The van der Waals surface area contributed by atoms with Crippen molar-refractivity contribution in [1.82, 2.24) is 0 Å². The van der Waals surface area contributed by atoms with Gasteiger partial charge in [0.25, 0.3) is 0 Å². The molecular formula is C10H20O4. The van der Waals surface area contributed by atoms with Gasteiger partial charge in [-0.25, -0.2) is 4.79 Å². The van der Waals surface area contributed by atoms with E-state index in [0.717, 1.165) is 0 Å². The molecule has 0 bridgehead atoms. The zero-order valence-electron chi connectivity index (χ0n) is 9.53. The van der Waals surface area contributed by atoms with Crippen LogP contribution >= 0.6 is 0 Å². The van der Waals surface area contributed by atoms with Crippen LogP contribution in [0.1, 0.15) is 41.0 Å². The second kappa shape index (κ2) is 5.20. The van der Waals surface area contributed by atoms with Crippen LogP contribution in [0.3, 0.4) is 0 Å². The highest BCUT2D eigenvalue weighted by Crippen LogP contribution is 2.34. The maximum Gasteiger partial charge on any atom is 0.540 e. The summed E-state index contributed by atoms with van der Waals surface area (Å²) in [4.78, 5) is 14.4. The highest BCUT2D eigenvalue weighted by atomic mass is 17.1. The van der Waals surface area contributed by atoms with Gasteiger partial charge in [0.2, 0.25) is 0 Å². The Bertz CT molecular complexity index is 179. The number of carbonyl (C=O) groups excluding carboxylic acids is 1. The van der Waals surface area contributed by atoms with Gasteiger partial charge in [-0.1, -0.05) is 34.6 Å². The first-order valence-corrected chi connectivity index (χ1v) is 4.95. The van der Waals surface area contributed by atoms with Gasteiger partial charge in [0, 0.05) is 0 Å². The molecule has 1 N–H and O–H groups in total. The molecule has 0 rings (SSSR count). The van der Waals surface area contributed by atoms with Crippen LogP contribution in [0.25, 0.3) is 0 Å². The third-order valence-corrected chi connectivity index (χ3v) is 2.86. The SMILES string of the molecule is CCC(OC(=O)OO)(C(C)C)C(C)C. The summed E-state index contributed by atoms with van der Waals surface area (Å²) in [5.74, 6) is 0.346. The molecule has 14 heavy (non-hydrogen) atoms. The largest absolute Gasteiger partial charge is 0.540 e. The molecule has 0 unspecified atom stereocenters. The zero-order chi connectivity index (χ0) is 11.4. The summed E-state index contributed by atoms with van der Waals surface area (Å²) in [7, 11) is 0.